The van der Waals surface area contributed by atoms with E-state index in [9.17, 15) is 9.18 Å². The number of nitrogens with two attached hydrogens (primary N) is 1. The molecule has 0 aliphatic heterocycles. The molecule has 0 aliphatic rings. The highest BCUT2D eigenvalue weighted by Crippen LogP contribution is 2.31. The van der Waals surface area contributed by atoms with Crippen molar-refractivity contribution in [3.8, 4) is 17.2 Å². The van der Waals surface area contributed by atoms with Crippen molar-refractivity contribution in [2.24, 2.45) is 5.73 Å². The molecule has 0 saturated heterocycles. The van der Waals surface area contributed by atoms with E-state index in [0.29, 0.717) is 17.2 Å². The summed E-state index contributed by atoms with van der Waals surface area (Å²) in [6.07, 6.45) is 0. The van der Waals surface area contributed by atoms with E-state index in [1.54, 1.807) is 31.4 Å². The summed E-state index contributed by atoms with van der Waals surface area (Å²) < 4.78 is 24.0. The van der Waals surface area contributed by atoms with Gasteiger partial charge in [-0.15, -0.1) is 0 Å². The summed E-state index contributed by atoms with van der Waals surface area (Å²) in [6.45, 7) is -0.199. The van der Waals surface area contributed by atoms with Crippen LogP contribution in [0.2, 0.25) is 0 Å². The van der Waals surface area contributed by atoms with E-state index in [1.807, 2.05) is 0 Å². The smallest absolute Gasteiger partial charge is 0.238 e. The van der Waals surface area contributed by atoms with Gasteiger partial charge in [-0.1, -0.05) is 6.07 Å². The van der Waals surface area contributed by atoms with Gasteiger partial charge in [-0.25, -0.2) is 4.39 Å². The van der Waals surface area contributed by atoms with Gasteiger partial charge in [0.1, 0.15) is 17.3 Å². The van der Waals surface area contributed by atoms with Crippen LogP contribution in [0.4, 0.5) is 10.1 Å². The summed E-state index contributed by atoms with van der Waals surface area (Å²) in [7, 11) is 1.55. The van der Waals surface area contributed by atoms with Gasteiger partial charge in [0.25, 0.3) is 0 Å². The molecule has 0 fully saturated rings. The number of nitrogens with one attached hydrogen (secondary N) is 1. The van der Waals surface area contributed by atoms with Gasteiger partial charge < -0.3 is 20.5 Å². The number of hydrogen-bond acceptors (Lipinski definition) is 4. The molecule has 21 heavy (non-hydrogen) atoms. The van der Waals surface area contributed by atoms with Crippen LogP contribution < -0.4 is 20.5 Å². The van der Waals surface area contributed by atoms with Crippen molar-refractivity contribution >= 4 is 11.6 Å². The number of anilines is 1. The number of methoxy groups -OCH3 is 1. The van der Waals surface area contributed by atoms with Gasteiger partial charge in [0.15, 0.2) is 5.75 Å². The third-order valence-electron chi connectivity index (χ3n) is 2.67. The van der Waals surface area contributed by atoms with Crippen LogP contribution in [-0.4, -0.2) is 19.6 Å². The molecule has 0 spiro atoms. The van der Waals surface area contributed by atoms with Crippen molar-refractivity contribution in [3.05, 3.63) is 48.3 Å². The normalized spacial score (nSPS) is 10.0. The summed E-state index contributed by atoms with van der Waals surface area (Å²) >= 11 is 0. The summed E-state index contributed by atoms with van der Waals surface area (Å²) in [6, 6.07) is 10.8. The van der Waals surface area contributed by atoms with Gasteiger partial charge in [0.2, 0.25) is 5.91 Å². The fourth-order valence-electron chi connectivity index (χ4n) is 1.68. The first-order chi connectivity index (χ1) is 10.1. The monoisotopic (exact) mass is 290 g/mol. The highest BCUT2D eigenvalue weighted by atomic mass is 19.1. The Morgan fingerprint density at radius 1 is 1.24 bits per heavy atom. The summed E-state index contributed by atoms with van der Waals surface area (Å²) in [5.74, 6) is 0.522. The Labute approximate surface area is 121 Å². The third-order valence-corrected chi connectivity index (χ3v) is 2.67. The number of hydrogen-bond donors (Lipinski definition) is 2. The van der Waals surface area contributed by atoms with Gasteiger partial charge >= 0.3 is 0 Å². The van der Waals surface area contributed by atoms with Gasteiger partial charge in [0.05, 0.1) is 19.3 Å². The molecule has 2 aromatic carbocycles. The lowest BCUT2D eigenvalue weighted by Crippen LogP contribution is -2.22. The van der Waals surface area contributed by atoms with E-state index in [-0.39, 0.29) is 12.2 Å². The Bertz CT molecular complexity index is 647. The van der Waals surface area contributed by atoms with E-state index >= 15 is 0 Å². The van der Waals surface area contributed by atoms with Crippen LogP contribution in [-0.2, 0) is 4.79 Å². The average molecular weight is 290 g/mol. The van der Waals surface area contributed by atoms with E-state index < -0.39 is 11.7 Å². The minimum absolute atomic E-state index is 0.199. The number of ether oxygens (including phenoxy) is 2. The number of carbonyl (C=O) groups is 1. The number of amides is 1. The first kappa shape index (κ1) is 14.8. The van der Waals surface area contributed by atoms with E-state index in [2.05, 4.69) is 5.32 Å². The predicted molar refractivity (Wildman–Crippen MR) is 77.2 cm³/mol. The molecule has 0 radical (unpaired) electrons. The van der Waals surface area contributed by atoms with Gasteiger partial charge in [-0.05, 0) is 24.3 Å². The van der Waals surface area contributed by atoms with Crippen LogP contribution in [0.3, 0.4) is 0 Å². The molecule has 0 atom stereocenters. The predicted octanol–water partition coefficient (Wildman–Crippen LogP) is 2.52. The lowest BCUT2D eigenvalue weighted by atomic mass is 10.2. The molecular formula is C15H15FN2O3. The molecule has 2 rings (SSSR count). The van der Waals surface area contributed by atoms with Crippen molar-refractivity contribution in [2.75, 3.05) is 19.0 Å². The van der Waals surface area contributed by atoms with Crippen molar-refractivity contribution in [1.82, 2.24) is 0 Å². The Morgan fingerprint density at radius 3 is 2.71 bits per heavy atom. The molecule has 2 aromatic rings. The average Bonchev–Trinajstić information content (AvgIpc) is 2.50. The SMILES string of the molecule is COc1cccc(Oc2ccc(F)cc2NC(=O)CN)c1. The molecule has 6 heteroatoms. The minimum Gasteiger partial charge on any atom is -0.497 e. The quantitative estimate of drug-likeness (QED) is 0.887. The number of carbonyl (C=O) groups excluding carboxylic acids is 1. The molecule has 0 bridgehead atoms. The van der Waals surface area contributed by atoms with Crippen LogP contribution >= 0.6 is 0 Å². The van der Waals surface area contributed by atoms with Gasteiger partial charge in [-0.2, -0.15) is 0 Å². The highest BCUT2D eigenvalue weighted by Gasteiger charge is 2.10. The third kappa shape index (κ3) is 3.93. The Hall–Kier alpha value is -2.60. The van der Waals surface area contributed by atoms with Crippen LogP contribution in [0.25, 0.3) is 0 Å². The maximum absolute atomic E-state index is 13.3. The molecule has 0 aliphatic carbocycles. The molecule has 0 aromatic heterocycles. The fourth-order valence-corrected chi connectivity index (χ4v) is 1.68. The first-order valence-electron chi connectivity index (χ1n) is 6.23. The number of rotatable bonds is 5. The van der Waals surface area contributed by atoms with E-state index in [0.717, 1.165) is 0 Å². The molecule has 110 valence electrons. The van der Waals surface area contributed by atoms with Gasteiger partial charge in [0, 0.05) is 12.1 Å². The van der Waals surface area contributed by atoms with E-state index in [1.165, 1.54) is 18.2 Å². The lowest BCUT2D eigenvalue weighted by molar-refractivity contribution is -0.114. The maximum atomic E-state index is 13.3. The zero-order chi connectivity index (χ0) is 15.2. The second-order valence-corrected chi connectivity index (χ2v) is 4.17. The zero-order valence-corrected chi connectivity index (χ0v) is 11.4. The molecule has 0 heterocycles. The standard InChI is InChI=1S/C15H15FN2O3/c1-20-11-3-2-4-12(8-11)21-14-6-5-10(16)7-13(14)18-15(19)9-17/h2-8H,9,17H2,1H3,(H,18,19). The number of benzene rings is 2. The number of halogens is 1. The molecule has 3 N–H and O–H groups in total. The zero-order valence-electron chi connectivity index (χ0n) is 11.4. The van der Waals surface area contributed by atoms with Crippen LogP contribution in [0.5, 0.6) is 17.2 Å². The molecule has 5 nitrogen and oxygen atoms in total. The fraction of sp³-hybridized carbons (Fsp3) is 0.133. The second-order valence-electron chi connectivity index (χ2n) is 4.17. The molecular weight excluding hydrogens is 275 g/mol. The van der Waals surface area contributed by atoms with Crippen molar-refractivity contribution in [1.29, 1.82) is 0 Å². The Kier molecular flexibility index (Phi) is 4.73. The summed E-state index contributed by atoms with van der Waals surface area (Å²) in [5, 5.41) is 2.49. The highest BCUT2D eigenvalue weighted by molar-refractivity contribution is 5.93. The largest absolute Gasteiger partial charge is 0.497 e. The molecule has 0 unspecified atom stereocenters. The first-order valence-corrected chi connectivity index (χ1v) is 6.23. The maximum Gasteiger partial charge on any atom is 0.238 e. The van der Waals surface area contributed by atoms with Crippen molar-refractivity contribution < 1.29 is 18.7 Å². The minimum atomic E-state index is -0.486. The van der Waals surface area contributed by atoms with Gasteiger partial charge in [-0.3, -0.25) is 4.79 Å². The van der Waals surface area contributed by atoms with Crippen molar-refractivity contribution in [3.63, 3.8) is 0 Å². The molecule has 1 amide bonds. The summed E-state index contributed by atoms with van der Waals surface area (Å²) in [4.78, 5) is 11.4. The van der Waals surface area contributed by atoms with Crippen molar-refractivity contribution in [2.45, 2.75) is 0 Å². The lowest BCUT2D eigenvalue weighted by Gasteiger charge is -2.12. The Balaban J connectivity index is 2.27. The van der Waals surface area contributed by atoms with Crippen LogP contribution in [0, 0.1) is 5.82 Å². The topological polar surface area (TPSA) is 73.6 Å². The summed E-state index contributed by atoms with van der Waals surface area (Å²) in [5.41, 5.74) is 5.45. The van der Waals surface area contributed by atoms with Crippen LogP contribution in [0.15, 0.2) is 42.5 Å². The van der Waals surface area contributed by atoms with Crippen LogP contribution in [0.1, 0.15) is 0 Å². The molecule has 0 saturated carbocycles. The second kappa shape index (κ2) is 6.71. The Morgan fingerprint density at radius 2 is 2.00 bits per heavy atom. The van der Waals surface area contributed by atoms with E-state index in [4.69, 9.17) is 15.2 Å².